The Hall–Kier alpha value is -2.38. The Labute approximate surface area is 173 Å². The largest absolute Gasteiger partial charge is 0.466 e. The van der Waals surface area contributed by atoms with Crippen LogP contribution < -0.4 is 4.90 Å². The second-order valence-corrected chi connectivity index (χ2v) is 8.22. The fraction of sp³-hybridized carbons (Fsp3) is 0.350. The number of esters is 1. The monoisotopic (exact) mass is 416 g/mol. The zero-order valence-corrected chi connectivity index (χ0v) is 17.4. The van der Waals surface area contributed by atoms with E-state index < -0.39 is 0 Å². The van der Waals surface area contributed by atoms with Gasteiger partial charge in [-0.1, -0.05) is 29.8 Å². The third-order valence-electron chi connectivity index (χ3n) is 4.70. The maximum Gasteiger partial charge on any atom is 0.302 e. The third-order valence-corrected chi connectivity index (χ3v) is 5.98. The number of rotatable bonds is 5. The first-order valence-electron chi connectivity index (χ1n) is 9.15. The fourth-order valence-corrected chi connectivity index (χ4v) is 4.54. The Balaban J connectivity index is 1.65. The van der Waals surface area contributed by atoms with Crippen molar-refractivity contribution in [3.05, 3.63) is 50.7 Å². The van der Waals surface area contributed by atoms with Crippen molar-refractivity contribution in [2.45, 2.75) is 26.8 Å². The normalized spacial score (nSPS) is 15.5. The van der Waals surface area contributed by atoms with E-state index in [9.17, 15) is 4.79 Å². The number of fused-ring (bicyclic) bond motifs is 3. The molecule has 0 atom stereocenters. The number of thiophene rings is 1. The molecule has 6 nitrogen and oxygen atoms in total. The van der Waals surface area contributed by atoms with Gasteiger partial charge >= 0.3 is 5.97 Å². The topological polar surface area (TPSA) is 57.5 Å². The molecule has 0 N–H and O–H groups in total. The third kappa shape index (κ3) is 3.64. The van der Waals surface area contributed by atoms with E-state index >= 15 is 0 Å². The van der Waals surface area contributed by atoms with Crippen molar-refractivity contribution in [2.75, 3.05) is 24.7 Å². The predicted molar refractivity (Wildman–Crippen MR) is 113 cm³/mol. The van der Waals surface area contributed by atoms with Crippen molar-refractivity contribution in [2.24, 2.45) is 10.1 Å². The molecule has 28 heavy (non-hydrogen) atoms. The van der Waals surface area contributed by atoms with Crippen LogP contribution in [0.15, 0.2) is 39.7 Å². The van der Waals surface area contributed by atoms with E-state index in [1.807, 2.05) is 29.3 Å². The number of nitrogens with zero attached hydrogens (tertiary/aromatic N) is 4. The minimum Gasteiger partial charge on any atom is -0.466 e. The lowest BCUT2D eigenvalue weighted by atomic mass is 10.1. The molecule has 1 aromatic carbocycles. The minimum atomic E-state index is -0.256. The summed E-state index contributed by atoms with van der Waals surface area (Å²) >= 11 is 8.21. The molecule has 3 heterocycles. The number of anilines is 1. The van der Waals surface area contributed by atoms with E-state index in [0.29, 0.717) is 31.4 Å². The molecule has 0 bridgehead atoms. The van der Waals surface area contributed by atoms with Gasteiger partial charge in [-0.15, -0.1) is 11.3 Å². The first kappa shape index (κ1) is 19.0. The summed E-state index contributed by atoms with van der Waals surface area (Å²) in [5.41, 5.74) is 4.10. The maximum absolute atomic E-state index is 11.0. The van der Waals surface area contributed by atoms with Crippen LogP contribution in [0.4, 0.5) is 5.69 Å². The van der Waals surface area contributed by atoms with Crippen LogP contribution in [0.3, 0.4) is 0 Å². The molecule has 2 aromatic rings. The zero-order chi connectivity index (χ0) is 19.7. The van der Waals surface area contributed by atoms with Crippen LogP contribution in [0.1, 0.15) is 29.3 Å². The van der Waals surface area contributed by atoms with Gasteiger partial charge in [0.25, 0.3) is 0 Å². The fourth-order valence-electron chi connectivity index (χ4n) is 3.45. The van der Waals surface area contributed by atoms with Gasteiger partial charge in [-0.2, -0.15) is 5.10 Å². The number of hydrazone groups is 1. The highest BCUT2D eigenvalue weighted by Crippen LogP contribution is 2.36. The maximum atomic E-state index is 11.0. The van der Waals surface area contributed by atoms with Gasteiger partial charge < -0.3 is 9.64 Å². The number of ether oxygens (including phenoxy) is 1. The van der Waals surface area contributed by atoms with Crippen molar-refractivity contribution < 1.29 is 9.53 Å². The van der Waals surface area contributed by atoms with Gasteiger partial charge in [0.1, 0.15) is 12.4 Å². The summed E-state index contributed by atoms with van der Waals surface area (Å²) in [4.78, 5) is 19.3. The molecule has 0 radical (unpaired) electrons. The van der Waals surface area contributed by atoms with Gasteiger partial charge in [-0.25, -0.2) is 0 Å². The number of aliphatic imine (C=N–C) groups is 1. The molecule has 2 aliphatic rings. The first-order chi connectivity index (χ1) is 13.5. The summed E-state index contributed by atoms with van der Waals surface area (Å²) in [5.74, 6) is 0.564. The molecular formula is C20H21ClN4O2S. The lowest BCUT2D eigenvalue weighted by Gasteiger charge is -2.22. The van der Waals surface area contributed by atoms with E-state index in [1.165, 1.54) is 23.1 Å². The summed E-state index contributed by atoms with van der Waals surface area (Å²) in [6.45, 7) is 5.90. The highest BCUT2D eigenvalue weighted by atomic mass is 35.5. The van der Waals surface area contributed by atoms with E-state index in [4.69, 9.17) is 26.4 Å². The summed E-state index contributed by atoms with van der Waals surface area (Å²) in [6.07, 6.45) is 0.720. The van der Waals surface area contributed by atoms with Crippen LogP contribution in [-0.4, -0.2) is 42.3 Å². The molecule has 2 aliphatic heterocycles. The molecule has 0 amide bonds. The standard InChI is InChI=1S/C20H21ClN4O2S/c1-13-19-15(11-28-13)10-22-18(16-6-3-4-7-17(16)21)20-23-24(12-25(19)20)8-5-9-27-14(2)26/h3-4,6-7,11H,5,8-10,12H2,1-2H3. The average molecular weight is 417 g/mol. The lowest BCUT2D eigenvalue weighted by Crippen LogP contribution is -2.35. The zero-order valence-electron chi connectivity index (χ0n) is 15.8. The average Bonchev–Trinajstić information content (AvgIpc) is 3.20. The number of carbonyl (C=O) groups is 1. The molecule has 0 saturated heterocycles. The van der Waals surface area contributed by atoms with Gasteiger partial charge in [0.15, 0.2) is 5.84 Å². The number of halogens is 1. The predicted octanol–water partition coefficient (Wildman–Crippen LogP) is 4.06. The van der Waals surface area contributed by atoms with E-state index in [1.54, 1.807) is 11.3 Å². The van der Waals surface area contributed by atoms with Gasteiger partial charge in [0, 0.05) is 35.9 Å². The summed E-state index contributed by atoms with van der Waals surface area (Å²) in [7, 11) is 0. The molecule has 0 aliphatic carbocycles. The van der Waals surface area contributed by atoms with Crippen molar-refractivity contribution >= 4 is 46.1 Å². The van der Waals surface area contributed by atoms with Gasteiger partial charge in [0.2, 0.25) is 0 Å². The Morgan fingerprint density at radius 3 is 2.96 bits per heavy atom. The molecule has 8 heteroatoms. The smallest absolute Gasteiger partial charge is 0.302 e. The quantitative estimate of drug-likeness (QED) is 0.544. The van der Waals surface area contributed by atoms with Gasteiger partial charge in [-0.3, -0.25) is 14.8 Å². The van der Waals surface area contributed by atoms with Crippen molar-refractivity contribution in [3.8, 4) is 0 Å². The van der Waals surface area contributed by atoms with E-state index in [0.717, 1.165) is 23.5 Å². The summed E-state index contributed by atoms with van der Waals surface area (Å²) < 4.78 is 5.04. The number of carbonyl (C=O) groups excluding carboxylic acids is 1. The Morgan fingerprint density at radius 2 is 2.18 bits per heavy atom. The summed E-state index contributed by atoms with van der Waals surface area (Å²) in [6, 6.07) is 7.74. The van der Waals surface area contributed by atoms with Gasteiger partial charge in [-0.05, 0) is 18.4 Å². The molecule has 4 rings (SSSR count). The van der Waals surface area contributed by atoms with Crippen molar-refractivity contribution in [3.63, 3.8) is 0 Å². The molecule has 0 saturated carbocycles. The van der Waals surface area contributed by atoms with Crippen LogP contribution in [0.25, 0.3) is 0 Å². The number of amidine groups is 1. The SMILES string of the molecule is CC(=O)OCCCN1CN2C(=N1)C(c1ccccc1Cl)=NCc1csc(C)c12. The second-order valence-electron chi connectivity index (χ2n) is 6.73. The first-order valence-corrected chi connectivity index (χ1v) is 10.4. The molecule has 1 aromatic heterocycles. The number of hydrogen-bond acceptors (Lipinski definition) is 7. The van der Waals surface area contributed by atoms with Gasteiger partial charge in [0.05, 0.1) is 23.9 Å². The Kier molecular flexibility index (Phi) is 5.37. The van der Waals surface area contributed by atoms with Crippen LogP contribution in [0, 0.1) is 6.92 Å². The minimum absolute atomic E-state index is 0.256. The molecule has 0 spiro atoms. The highest BCUT2D eigenvalue weighted by Gasteiger charge is 2.34. The van der Waals surface area contributed by atoms with Crippen molar-refractivity contribution in [1.82, 2.24) is 5.01 Å². The molecule has 0 unspecified atom stereocenters. The van der Waals surface area contributed by atoms with E-state index in [-0.39, 0.29) is 5.97 Å². The van der Waals surface area contributed by atoms with E-state index in [2.05, 4.69) is 17.2 Å². The van der Waals surface area contributed by atoms with Crippen LogP contribution in [0.2, 0.25) is 5.02 Å². The Bertz CT molecular complexity index is 969. The second kappa shape index (κ2) is 7.93. The molecular weight excluding hydrogens is 396 g/mol. The molecule has 0 fully saturated rings. The van der Waals surface area contributed by atoms with Crippen LogP contribution in [0.5, 0.6) is 0 Å². The van der Waals surface area contributed by atoms with Crippen LogP contribution in [-0.2, 0) is 16.1 Å². The Morgan fingerprint density at radius 1 is 1.36 bits per heavy atom. The number of aryl methyl sites for hydroxylation is 1. The number of benzene rings is 1. The van der Waals surface area contributed by atoms with Crippen molar-refractivity contribution in [1.29, 1.82) is 0 Å². The number of hydrogen-bond donors (Lipinski definition) is 0. The highest BCUT2D eigenvalue weighted by molar-refractivity contribution is 7.10. The lowest BCUT2D eigenvalue weighted by molar-refractivity contribution is -0.141. The summed E-state index contributed by atoms with van der Waals surface area (Å²) in [5, 5.41) is 9.69. The van der Waals surface area contributed by atoms with Crippen LogP contribution >= 0.6 is 22.9 Å². The molecule has 146 valence electrons.